The van der Waals surface area contributed by atoms with E-state index in [4.69, 9.17) is 28.4 Å². The minimum absolute atomic E-state index is 0.126. The predicted molar refractivity (Wildman–Crippen MR) is 131 cm³/mol. The van der Waals surface area contributed by atoms with E-state index in [1.807, 2.05) is 0 Å². The average molecular weight is 507 g/mol. The number of methoxy groups -OCH3 is 6. The number of aliphatic carboxylic acids is 2. The molecule has 2 N–H and O–H groups in total. The minimum atomic E-state index is -1.04. The third kappa shape index (κ3) is 6.87. The van der Waals surface area contributed by atoms with Crippen LogP contribution < -0.4 is 28.4 Å². The SMILES string of the molecule is COc1cc(C[C@@H](CCC(=O)O)[C@@H](Cc2cc(OC)c(OC)c(OC)c2)C(=O)O)cc(OC)c1OC. The van der Waals surface area contributed by atoms with Crippen molar-refractivity contribution in [1.29, 1.82) is 0 Å². The summed E-state index contributed by atoms with van der Waals surface area (Å²) < 4.78 is 32.4. The Bertz CT molecular complexity index is 999. The lowest BCUT2D eigenvalue weighted by molar-refractivity contribution is -0.145. The van der Waals surface area contributed by atoms with E-state index in [2.05, 4.69) is 0 Å². The number of benzene rings is 2. The van der Waals surface area contributed by atoms with Crippen LogP contribution in [-0.4, -0.2) is 64.8 Å². The van der Waals surface area contributed by atoms with Crippen LogP contribution in [0.4, 0.5) is 0 Å². The zero-order chi connectivity index (χ0) is 26.8. The van der Waals surface area contributed by atoms with Crippen molar-refractivity contribution in [2.75, 3.05) is 42.7 Å². The Morgan fingerprint density at radius 2 is 1.06 bits per heavy atom. The molecule has 0 radical (unpaired) electrons. The molecule has 0 bridgehead atoms. The summed E-state index contributed by atoms with van der Waals surface area (Å²) in [6, 6.07) is 6.89. The van der Waals surface area contributed by atoms with Gasteiger partial charge in [-0.1, -0.05) is 0 Å². The van der Waals surface area contributed by atoms with Crippen LogP contribution in [-0.2, 0) is 22.4 Å². The Hall–Kier alpha value is -3.82. The quantitative estimate of drug-likeness (QED) is 0.369. The van der Waals surface area contributed by atoms with Crippen molar-refractivity contribution in [1.82, 2.24) is 0 Å². The Balaban J connectivity index is 2.49. The average Bonchev–Trinajstić information content (AvgIpc) is 2.87. The van der Waals surface area contributed by atoms with Crippen LogP contribution in [0.25, 0.3) is 0 Å². The molecule has 2 aromatic rings. The molecule has 10 nitrogen and oxygen atoms in total. The van der Waals surface area contributed by atoms with E-state index in [-0.39, 0.29) is 25.7 Å². The summed E-state index contributed by atoms with van der Waals surface area (Å²) in [7, 11) is 8.93. The molecule has 0 aliphatic rings. The van der Waals surface area contributed by atoms with Gasteiger partial charge in [0.1, 0.15) is 0 Å². The van der Waals surface area contributed by atoms with Crippen LogP contribution in [0.2, 0.25) is 0 Å². The summed E-state index contributed by atoms with van der Waals surface area (Å²) >= 11 is 0. The number of carboxylic acids is 2. The molecule has 0 aromatic heterocycles. The molecular formula is C26H34O10. The predicted octanol–water partition coefficient (Wildman–Crippen LogP) is 3.71. The van der Waals surface area contributed by atoms with Gasteiger partial charge in [-0.15, -0.1) is 0 Å². The first-order valence-electron chi connectivity index (χ1n) is 11.2. The number of carbonyl (C=O) groups is 2. The summed E-state index contributed by atoms with van der Waals surface area (Å²) in [5.41, 5.74) is 1.39. The van der Waals surface area contributed by atoms with Crippen molar-refractivity contribution >= 4 is 11.9 Å². The van der Waals surface area contributed by atoms with Gasteiger partial charge >= 0.3 is 11.9 Å². The van der Waals surface area contributed by atoms with Gasteiger partial charge in [0.2, 0.25) is 11.5 Å². The summed E-state index contributed by atoms with van der Waals surface area (Å²) in [4.78, 5) is 23.8. The van der Waals surface area contributed by atoms with Gasteiger partial charge in [0.25, 0.3) is 0 Å². The fourth-order valence-corrected chi connectivity index (χ4v) is 4.27. The Labute approximate surface area is 210 Å². The maximum Gasteiger partial charge on any atom is 0.307 e. The first-order chi connectivity index (χ1) is 17.2. The maximum absolute atomic E-state index is 12.5. The molecule has 0 saturated heterocycles. The van der Waals surface area contributed by atoms with Crippen molar-refractivity contribution in [2.45, 2.75) is 25.7 Å². The number of hydrogen-bond acceptors (Lipinski definition) is 8. The smallest absolute Gasteiger partial charge is 0.307 e. The second kappa shape index (κ2) is 13.3. The van der Waals surface area contributed by atoms with Gasteiger partial charge in [-0.05, 0) is 60.6 Å². The van der Waals surface area contributed by atoms with Crippen LogP contribution in [0.5, 0.6) is 34.5 Å². The standard InChI is InChI=1S/C26H34O10/c1-31-19-11-15(12-20(32-2)24(19)35-5)9-17(7-8-23(27)28)18(26(29)30)10-16-13-21(33-3)25(36-6)22(14-16)34-4/h11-14,17-18H,7-10H2,1-6H3,(H,27,28)(H,29,30)/t17-,18-/m1/s1. The van der Waals surface area contributed by atoms with E-state index in [0.717, 1.165) is 5.56 Å². The van der Waals surface area contributed by atoms with E-state index in [1.54, 1.807) is 24.3 Å². The second-order valence-corrected chi connectivity index (χ2v) is 8.11. The van der Waals surface area contributed by atoms with E-state index in [9.17, 15) is 19.8 Å². The Morgan fingerprint density at radius 1 is 0.667 bits per heavy atom. The molecule has 0 unspecified atom stereocenters. The van der Waals surface area contributed by atoms with E-state index >= 15 is 0 Å². The topological polar surface area (TPSA) is 130 Å². The fraction of sp³-hybridized carbons (Fsp3) is 0.462. The highest BCUT2D eigenvalue weighted by Crippen LogP contribution is 2.41. The number of ether oxygens (including phenoxy) is 6. The number of hydrogen-bond donors (Lipinski definition) is 2. The summed E-state index contributed by atoms with van der Waals surface area (Å²) in [5.74, 6) is -0.959. The van der Waals surface area contributed by atoms with E-state index < -0.39 is 23.8 Å². The molecule has 2 rings (SSSR count). The first kappa shape index (κ1) is 28.4. The molecule has 36 heavy (non-hydrogen) atoms. The van der Waals surface area contributed by atoms with Crippen molar-refractivity contribution < 1.29 is 48.2 Å². The second-order valence-electron chi connectivity index (χ2n) is 8.11. The van der Waals surface area contributed by atoms with Crippen molar-refractivity contribution in [3.05, 3.63) is 35.4 Å². The van der Waals surface area contributed by atoms with Gasteiger partial charge in [-0.25, -0.2) is 0 Å². The fourth-order valence-electron chi connectivity index (χ4n) is 4.27. The summed E-state index contributed by atoms with van der Waals surface area (Å²) in [5, 5.41) is 19.5. The van der Waals surface area contributed by atoms with Crippen molar-refractivity contribution in [3.8, 4) is 34.5 Å². The van der Waals surface area contributed by atoms with E-state index in [1.165, 1.54) is 42.7 Å². The Kier molecular flexibility index (Phi) is 10.5. The highest BCUT2D eigenvalue weighted by Gasteiger charge is 2.30. The molecule has 0 amide bonds. The van der Waals surface area contributed by atoms with Crippen LogP contribution in [0.15, 0.2) is 24.3 Å². The normalized spacial score (nSPS) is 12.3. The van der Waals surface area contributed by atoms with Gasteiger partial charge in [-0.3, -0.25) is 9.59 Å². The van der Waals surface area contributed by atoms with Gasteiger partial charge in [0.05, 0.1) is 48.6 Å². The summed E-state index contributed by atoms with van der Waals surface area (Å²) in [6.07, 6.45) is 0.396. The highest BCUT2D eigenvalue weighted by atomic mass is 16.5. The molecule has 0 aliphatic heterocycles. The molecule has 0 fully saturated rings. The molecule has 0 heterocycles. The third-order valence-electron chi connectivity index (χ3n) is 6.02. The van der Waals surface area contributed by atoms with Crippen LogP contribution >= 0.6 is 0 Å². The van der Waals surface area contributed by atoms with Gasteiger partial charge in [-0.2, -0.15) is 0 Å². The Morgan fingerprint density at radius 3 is 1.36 bits per heavy atom. The van der Waals surface area contributed by atoms with Crippen LogP contribution in [0, 0.1) is 11.8 Å². The molecule has 198 valence electrons. The van der Waals surface area contributed by atoms with Gasteiger partial charge < -0.3 is 38.6 Å². The van der Waals surface area contributed by atoms with Crippen LogP contribution in [0.3, 0.4) is 0 Å². The number of carboxylic acid groups (broad SMARTS) is 2. The summed E-state index contributed by atoms with van der Waals surface area (Å²) in [6.45, 7) is 0. The molecule has 0 spiro atoms. The maximum atomic E-state index is 12.5. The molecular weight excluding hydrogens is 472 g/mol. The number of rotatable bonds is 15. The monoisotopic (exact) mass is 506 g/mol. The highest BCUT2D eigenvalue weighted by molar-refractivity contribution is 5.72. The van der Waals surface area contributed by atoms with Crippen molar-refractivity contribution in [2.24, 2.45) is 11.8 Å². The third-order valence-corrected chi connectivity index (χ3v) is 6.02. The largest absolute Gasteiger partial charge is 0.493 e. The van der Waals surface area contributed by atoms with Crippen LogP contribution in [0.1, 0.15) is 24.0 Å². The molecule has 10 heteroatoms. The molecule has 2 atom stereocenters. The first-order valence-corrected chi connectivity index (χ1v) is 11.2. The lowest BCUT2D eigenvalue weighted by atomic mass is 9.80. The molecule has 0 saturated carbocycles. The van der Waals surface area contributed by atoms with Gasteiger partial charge in [0.15, 0.2) is 23.0 Å². The lowest BCUT2D eigenvalue weighted by Gasteiger charge is -2.25. The molecule has 2 aromatic carbocycles. The molecule has 0 aliphatic carbocycles. The van der Waals surface area contributed by atoms with Gasteiger partial charge in [0, 0.05) is 6.42 Å². The van der Waals surface area contributed by atoms with Crippen molar-refractivity contribution in [3.63, 3.8) is 0 Å². The zero-order valence-electron chi connectivity index (χ0n) is 21.5. The minimum Gasteiger partial charge on any atom is -0.493 e. The van der Waals surface area contributed by atoms with E-state index in [0.29, 0.717) is 40.1 Å². The lowest BCUT2D eigenvalue weighted by Crippen LogP contribution is -2.28. The zero-order valence-corrected chi connectivity index (χ0v) is 21.5.